The molecule has 0 aliphatic carbocycles. The van der Waals surface area contributed by atoms with Crippen LogP contribution in [0.15, 0.2) is 35.5 Å². The first-order valence-electron chi connectivity index (χ1n) is 7.75. The Labute approximate surface area is 143 Å². The number of aromatic amines is 1. The van der Waals surface area contributed by atoms with E-state index in [4.69, 9.17) is 11.6 Å². The van der Waals surface area contributed by atoms with Gasteiger partial charge in [-0.25, -0.2) is 0 Å². The first kappa shape index (κ1) is 15.2. The largest absolute Gasteiger partial charge is 0.493 e. The average Bonchev–Trinajstić information content (AvgIpc) is 2.90. The SMILES string of the molecule is CN1CCc2c(-c3ccc(Cl)cc3)cc3c(N=O)c(O)[nH]c3c2C1. The summed E-state index contributed by atoms with van der Waals surface area (Å²) in [4.78, 5) is 16.3. The first-order chi connectivity index (χ1) is 11.6. The molecule has 0 saturated carbocycles. The summed E-state index contributed by atoms with van der Waals surface area (Å²) < 4.78 is 0. The van der Waals surface area contributed by atoms with Crippen molar-refractivity contribution >= 4 is 28.2 Å². The molecular weight excluding hydrogens is 326 g/mol. The molecule has 0 unspecified atom stereocenters. The van der Waals surface area contributed by atoms with Crippen molar-refractivity contribution in [1.82, 2.24) is 9.88 Å². The molecule has 0 fully saturated rings. The van der Waals surface area contributed by atoms with Crippen LogP contribution in [0.25, 0.3) is 22.0 Å². The lowest BCUT2D eigenvalue weighted by Gasteiger charge is -2.27. The molecule has 0 radical (unpaired) electrons. The fourth-order valence-electron chi connectivity index (χ4n) is 3.51. The Balaban J connectivity index is 2.06. The fourth-order valence-corrected chi connectivity index (χ4v) is 3.63. The Morgan fingerprint density at radius 1 is 1.25 bits per heavy atom. The van der Waals surface area contributed by atoms with Crippen molar-refractivity contribution < 1.29 is 5.11 Å². The fraction of sp³-hybridized carbons (Fsp3) is 0.222. The summed E-state index contributed by atoms with van der Waals surface area (Å²) in [6, 6.07) is 9.60. The monoisotopic (exact) mass is 341 g/mol. The van der Waals surface area contributed by atoms with Crippen LogP contribution in [0, 0.1) is 4.91 Å². The number of nitroso groups, excluding NO2 is 1. The first-order valence-corrected chi connectivity index (χ1v) is 8.13. The van der Waals surface area contributed by atoms with Gasteiger partial charge in [-0.3, -0.25) is 0 Å². The number of nitrogens with one attached hydrogen (secondary N) is 1. The van der Waals surface area contributed by atoms with Crippen molar-refractivity contribution in [2.75, 3.05) is 13.6 Å². The van der Waals surface area contributed by atoms with Crippen LogP contribution in [0.2, 0.25) is 5.02 Å². The quantitative estimate of drug-likeness (QED) is 0.670. The molecule has 1 aliphatic heterocycles. The predicted molar refractivity (Wildman–Crippen MR) is 95.9 cm³/mol. The van der Waals surface area contributed by atoms with Gasteiger partial charge in [0.15, 0.2) is 5.69 Å². The van der Waals surface area contributed by atoms with Gasteiger partial charge in [-0.2, -0.15) is 0 Å². The minimum Gasteiger partial charge on any atom is -0.493 e. The van der Waals surface area contributed by atoms with Gasteiger partial charge in [-0.1, -0.05) is 23.7 Å². The van der Waals surface area contributed by atoms with Crippen LogP contribution in [-0.4, -0.2) is 28.6 Å². The molecule has 2 aromatic carbocycles. The number of rotatable bonds is 2. The van der Waals surface area contributed by atoms with E-state index in [0.29, 0.717) is 10.4 Å². The number of likely N-dealkylation sites (N-methyl/N-ethyl adjacent to an activating group) is 1. The van der Waals surface area contributed by atoms with E-state index in [1.54, 1.807) is 0 Å². The van der Waals surface area contributed by atoms with Gasteiger partial charge in [0.1, 0.15) is 0 Å². The smallest absolute Gasteiger partial charge is 0.219 e. The third kappa shape index (κ3) is 2.28. The molecule has 5 nitrogen and oxygen atoms in total. The van der Waals surface area contributed by atoms with Crippen LogP contribution in [0.1, 0.15) is 11.1 Å². The van der Waals surface area contributed by atoms with Crippen LogP contribution in [-0.2, 0) is 13.0 Å². The van der Waals surface area contributed by atoms with E-state index < -0.39 is 0 Å². The second-order valence-electron chi connectivity index (χ2n) is 6.21. The molecule has 6 heteroatoms. The lowest BCUT2D eigenvalue weighted by Crippen LogP contribution is -2.27. The lowest BCUT2D eigenvalue weighted by atomic mass is 9.89. The normalized spacial score (nSPS) is 14.8. The van der Waals surface area contributed by atoms with Gasteiger partial charge < -0.3 is 15.0 Å². The van der Waals surface area contributed by atoms with Crippen LogP contribution in [0.3, 0.4) is 0 Å². The number of aromatic nitrogens is 1. The molecular formula is C18H16ClN3O2. The number of fused-ring (bicyclic) bond motifs is 3. The second kappa shape index (κ2) is 5.61. The topological polar surface area (TPSA) is 68.7 Å². The van der Waals surface area contributed by atoms with Gasteiger partial charge in [0.05, 0.1) is 5.52 Å². The predicted octanol–water partition coefficient (Wildman–Crippen LogP) is 4.58. The Bertz CT molecular complexity index is 947. The van der Waals surface area contributed by atoms with Crippen molar-refractivity contribution in [3.8, 4) is 17.0 Å². The molecule has 3 aromatic rings. The summed E-state index contributed by atoms with van der Waals surface area (Å²) in [6.45, 7) is 1.72. The van der Waals surface area contributed by atoms with Gasteiger partial charge in [-0.15, -0.1) is 4.91 Å². The summed E-state index contributed by atoms with van der Waals surface area (Å²) in [5.74, 6) is -0.177. The second-order valence-corrected chi connectivity index (χ2v) is 6.65. The number of nitrogens with zero attached hydrogens (tertiary/aromatic N) is 2. The van der Waals surface area contributed by atoms with Gasteiger partial charge in [0.2, 0.25) is 5.88 Å². The molecule has 0 saturated heterocycles. The van der Waals surface area contributed by atoms with Gasteiger partial charge in [-0.05, 0) is 59.1 Å². The molecule has 2 N–H and O–H groups in total. The highest BCUT2D eigenvalue weighted by Gasteiger charge is 2.24. The number of H-pyrrole nitrogens is 1. The van der Waals surface area contributed by atoms with E-state index in [-0.39, 0.29) is 11.6 Å². The van der Waals surface area contributed by atoms with Crippen LogP contribution in [0.5, 0.6) is 5.88 Å². The summed E-state index contributed by atoms with van der Waals surface area (Å²) in [6.07, 6.45) is 0.906. The Morgan fingerprint density at radius 2 is 2.00 bits per heavy atom. The molecule has 2 heterocycles. The maximum atomic E-state index is 11.2. The van der Waals surface area contributed by atoms with Crippen molar-refractivity contribution in [3.05, 3.63) is 51.4 Å². The minimum absolute atomic E-state index is 0.0660. The number of benzene rings is 2. The zero-order valence-electron chi connectivity index (χ0n) is 13.1. The number of aromatic hydroxyl groups is 1. The molecule has 0 amide bonds. The van der Waals surface area contributed by atoms with Gasteiger partial charge >= 0.3 is 0 Å². The Morgan fingerprint density at radius 3 is 2.71 bits per heavy atom. The summed E-state index contributed by atoms with van der Waals surface area (Å²) >= 11 is 6.01. The maximum Gasteiger partial charge on any atom is 0.219 e. The van der Waals surface area contributed by atoms with E-state index in [1.165, 1.54) is 5.56 Å². The summed E-state index contributed by atoms with van der Waals surface area (Å²) in [7, 11) is 2.06. The van der Waals surface area contributed by atoms with Crippen molar-refractivity contribution in [3.63, 3.8) is 0 Å². The molecule has 0 atom stereocenters. The Hall–Kier alpha value is -2.37. The molecule has 122 valence electrons. The lowest BCUT2D eigenvalue weighted by molar-refractivity contribution is 0.314. The van der Waals surface area contributed by atoms with E-state index >= 15 is 0 Å². The highest BCUT2D eigenvalue weighted by molar-refractivity contribution is 6.30. The number of hydrogen-bond acceptors (Lipinski definition) is 4. The highest BCUT2D eigenvalue weighted by Crippen LogP contribution is 2.43. The number of halogens is 1. The molecule has 24 heavy (non-hydrogen) atoms. The third-order valence-corrected chi connectivity index (χ3v) is 4.94. The molecule has 1 aromatic heterocycles. The average molecular weight is 342 g/mol. The Kier molecular flexibility index (Phi) is 3.55. The summed E-state index contributed by atoms with van der Waals surface area (Å²) in [5, 5.41) is 14.4. The van der Waals surface area contributed by atoms with Gasteiger partial charge in [0, 0.05) is 23.5 Å². The zero-order chi connectivity index (χ0) is 16.8. The van der Waals surface area contributed by atoms with Crippen molar-refractivity contribution in [2.24, 2.45) is 5.18 Å². The third-order valence-electron chi connectivity index (χ3n) is 4.69. The maximum absolute atomic E-state index is 11.2. The molecule has 1 aliphatic rings. The van der Waals surface area contributed by atoms with Crippen molar-refractivity contribution in [1.29, 1.82) is 0 Å². The number of hydrogen-bond donors (Lipinski definition) is 2. The molecule has 0 spiro atoms. The van der Waals surface area contributed by atoms with Crippen LogP contribution >= 0.6 is 11.6 Å². The molecule has 0 bridgehead atoms. The van der Waals surface area contributed by atoms with Crippen LogP contribution in [0.4, 0.5) is 5.69 Å². The highest BCUT2D eigenvalue weighted by atomic mass is 35.5. The van der Waals surface area contributed by atoms with Gasteiger partial charge in [0.25, 0.3) is 0 Å². The minimum atomic E-state index is -0.177. The molecule has 4 rings (SSSR count). The van der Waals surface area contributed by atoms with E-state index in [0.717, 1.165) is 41.7 Å². The van der Waals surface area contributed by atoms with Crippen molar-refractivity contribution in [2.45, 2.75) is 13.0 Å². The van der Waals surface area contributed by atoms with E-state index in [1.807, 2.05) is 30.3 Å². The van der Waals surface area contributed by atoms with Crippen LogP contribution < -0.4 is 0 Å². The standard InChI is InChI=1S/C18H16ClN3O2/c1-22-7-6-12-13(10-2-4-11(19)5-3-10)8-14-16(15(12)9-22)20-18(23)17(14)21-24/h2-5,8,20,23H,6-7,9H2,1H3. The summed E-state index contributed by atoms with van der Waals surface area (Å²) in [5.41, 5.74) is 5.31. The van der Waals surface area contributed by atoms with E-state index in [9.17, 15) is 10.0 Å². The zero-order valence-corrected chi connectivity index (χ0v) is 13.9. The van der Waals surface area contributed by atoms with E-state index in [2.05, 4.69) is 22.1 Å².